The number of alkyl halides is 3. The van der Waals surface area contributed by atoms with E-state index in [0.717, 1.165) is 50.9 Å². The van der Waals surface area contributed by atoms with Crippen LogP contribution in [0, 0.1) is 0 Å². The average Bonchev–Trinajstić information content (AvgIpc) is 3.40. The van der Waals surface area contributed by atoms with E-state index >= 15 is 0 Å². The second-order valence-corrected chi connectivity index (χ2v) is 7.29. The predicted molar refractivity (Wildman–Crippen MR) is 111 cm³/mol. The van der Waals surface area contributed by atoms with Crippen LogP contribution in [-0.4, -0.2) is 12.1 Å². The van der Waals surface area contributed by atoms with Crippen molar-refractivity contribution in [2.45, 2.75) is 12.7 Å². The molecule has 7 heteroatoms. The number of hydrogen-bond acceptors (Lipinski definition) is 2. The largest absolute Gasteiger partial charge is 0.497 e. The first-order chi connectivity index (χ1) is 14.9. The minimum atomic E-state index is -4.35. The van der Waals surface area contributed by atoms with E-state index in [9.17, 15) is 13.2 Å². The SMILES string of the molecule is COc1ccc2[nH]c3c(-c4ccco4)[n+](Cc4ccc(C(F)(F)F)cc4)ccc3c2c1. The van der Waals surface area contributed by atoms with Gasteiger partial charge in [-0.25, -0.2) is 0 Å². The fourth-order valence-corrected chi connectivity index (χ4v) is 3.87. The van der Waals surface area contributed by atoms with Gasteiger partial charge in [0.15, 0.2) is 18.5 Å². The van der Waals surface area contributed by atoms with Crippen LogP contribution in [0.25, 0.3) is 33.3 Å². The van der Waals surface area contributed by atoms with Gasteiger partial charge in [0.1, 0.15) is 11.3 Å². The number of aromatic nitrogens is 2. The van der Waals surface area contributed by atoms with Gasteiger partial charge in [0.25, 0.3) is 5.69 Å². The van der Waals surface area contributed by atoms with Gasteiger partial charge >= 0.3 is 6.18 Å². The molecular weight excluding hydrogens is 405 g/mol. The van der Waals surface area contributed by atoms with Crippen LogP contribution in [0.4, 0.5) is 13.2 Å². The highest BCUT2D eigenvalue weighted by atomic mass is 19.4. The fraction of sp³-hybridized carbons (Fsp3) is 0.125. The summed E-state index contributed by atoms with van der Waals surface area (Å²) < 4.78 is 51.7. The third kappa shape index (κ3) is 3.42. The molecule has 2 aromatic carbocycles. The molecule has 0 saturated carbocycles. The lowest BCUT2D eigenvalue weighted by molar-refractivity contribution is -0.676. The maximum Gasteiger partial charge on any atom is 0.416 e. The monoisotopic (exact) mass is 423 g/mol. The van der Waals surface area contributed by atoms with Gasteiger partial charge in [-0.3, -0.25) is 0 Å². The molecule has 0 spiro atoms. The maximum atomic E-state index is 12.9. The third-order valence-corrected chi connectivity index (χ3v) is 5.38. The lowest BCUT2D eigenvalue weighted by atomic mass is 10.1. The molecule has 0 bridgehead atoms. The number of pyridine rings is 1. The van der Waals surface area contributed by atoms with Crippen LogP contribution < -0.4 is 9.30 Å². The number of benzene rings is 2. The molecule has 0 radical (unpaired) electrons. The Morgan fingerprint density at radius 2 is 1.81 bits per heavy atom. The van der Waals surface area contributed by atoms with Crippen molar-refractivity contribution in [3.05, 3.63) is 84.3 Å². The molecule has 1 N–H and O–H groups in total. The Kier molecular flexibility index (Phi) is 4.46. The Hall–Kier alpha value is -3.74. The number of rotatable bonds is 4. The molecular formula is C24H18F3N2O2+. The lowest BCUT2D eigenvalue weighted by Gasteiger charge is -2.07. The first-order valence-corrected chi connectivity index (χ1v) is 9.66. The summed E-state index contributed by atoms with van der Waals surface area (Å²) >= 11 is 0. The summed E-state index contributed by atoms with van der Waals surface area (Å²) in [5.41, 5.74) is 2.75. The summed E-state index contributed by atoms with van der Waals surface area (Å²) in [5, 5.41) is 2.02. The first-order valence-electron chi connectivity index (χ1n) is 9.66. The predicted octanol–water partition coefficient (Wildman–Crippen LogP) is 5.94. The molecule has 0 aliphatic heterocycles. The molecule has 4 nitrogen and oxygen atoms in total. The molecule has 0 aliphatic carbocycles. The molecule has 3 aromatic heterocycles. The second kappa shape index (κ2) is 7.19. The third-order valence-electron chi connectivity index (χ3n) is 5.38. The number of hydrogen-bond donors (Lipinski definition) is 1. The zero-order valence-electron chi connectivity index (χ0n) is 16.5. The van der Waals surface area contributed by atoms with E-state index in [-0.39, 0.29) is 0 Å². The van der Waals surface area contributed by atoms with Crippen LogP contribution in [0.3, 0.4) is 0 Å². The smallest absolute Gasteiger partial charge is 0.416 e. The number of methoxy groups -OCH3 is 1. The highest BCUT2D eigenvalue weighted by molar-refractivity contribution is 6.10. The van der Waals surface area contributed by atoms with E-state index in [0.29, 0.717) is 12.3 Å². The van der Waals surface area contributed by atoms with Gasteiger partial charge in [-0.05, 0) is 42.5 Å². The van der Waals surface area contributed by atoms with Gasteiger partial charge in [-0.15, -0.1) is 0 Å². The number of nitrogens with one attached hydrogen (secondary N) is 1. The number of halogens is 3. The molecule has 5 aromatic rings. The summed E-state index contributed by atoms with van der Waals surface area (Å²) in [4.78, 5) is 3.46. The van der Waals surface area contributed by atoms with Gasteiger partial charge in [0.2, 0.25) is 0 Å². The van der Waals surface area contributed by atoms with E-state index < -0.39 is 11.7 Å². The summed E-state index contributed by atoms with van der Waals surface area (Å²) in [7, 11) is 1.63. The molecule has 0 aliphatic rings. The number of furan rings is 1. The highest BCUT2D eigenvalue weighted by Gasteiger charge is 2.30. The van der Waals surface area contributed by atoms with E-state index in [1.807, 2.05) is 47.2 Å². The van der Waals surface area contributed by atoms with Crippen LogP contribution in [0.15, 0.2) is 77.5 Å². The van der Waals surface area contributed by atoms with Gasteiger partial charge < -0.3 is 14.1 Å². The fourth-order valence-electron chi connectivity index (χ4n) is 3.87. The highest BCUT2D eigenvalue weighted by Crippen LogP contribution is 2.33. The van der Waals surface area contributed by atoms with Crippen molar-refractivity contribution in [2.24, 2.45) is 0 Å². The zero-order chi connectivity index (χ0) is 21.6. The molecule has 0 unspecified atom stereocenters. The van der Waals surface area contributed by atoms with Gasteiger partial charge in [-0.1, -0.05) is 12.1 Å². The van der Waals surface area contributed by atoms with Crippen molar-refractivity contribution < 1.29 is 26.9 Å². The Labute approximate surface area is 175 Å². The molecule has 0 amide bonds. The molecule has 0 fully saturated rings. The van der Waals surface area contributed by atoms with Gasteiger partial charge in [0, 0.05) is 27.9 Å². The number of aromatic amines is 1. The minimum Gasteiger partial charge on any atom is -0.497 e. The average molecular weight is 423 g/mol. The molecule has 5 rings (SSSR count). The lowest BCUT2D eigenvalue weighted by Crippen LogP contribution is -2.36. The number of ether oxygens (including phenoxy) is 1. The molecule has 156 valence electrons. The molecule has 3 heterocycles. The zero-order valence-corrected chi connectivity index (χ0v) is 16.5. The Balaban J connectivity index is 1.66. The molecule has 31 heavy (non-hydrogen) atoms. The van der Waals surface area contributed by atoms with Crippen LogP contribution in [0.5, 0.6) is 5.75 Å². The van der Waals surface area contributed by atoms with Crippen LogP contribution in [-0.2, 0) is 12.7 Å². The van der Waals surface area contributed by atoms with Crippen molar-refractivity contribution in [1.29, 1.82) is 0 Å². The Morgan fingerprint density at radius 1 is 1.00 bits per heavy atom. The number of H-pyrrole nitrogens is 1. The Morgan fingerprint density at radius 3 is 2.48 bits per heavy atom. The van der Waals surface area contributed by atoms with E-state index in [1.54, 1.807) is 13.4 Å². The van der Waals surface area contributed by atoms with Crippen molar-refractivity contribution in [1.82, 2.24) is 4.98 Å². The van der Waals surface area contributed by atoms with Crippen LogP contribution in [0.1, 0.15) is 11.1 Å². The number of nitrogens with zero attached hydrogens (tertiary/aromatic N) is 1. The Bertz CT molecular complexity index is 1370. The van der Waals surface area contributed by atoms with Gasteiger partial charge in [0.05, 0.1) is 18.9 Å². The van der Waals surface area contributed by atoms with Crippen molar-refractivity contribution >= 4 is 21.8 Å². The maximum absolute atomic E-state index is 12.9. The normalized spacial score (nSPS) is 12.0. The van der Waals surface area contributed by atoms with Crippen LogP contribution in [0.2, 0.25) is 0 Å². The summed E-state index contributed by atoms with van der Waals surface area (Å²) in [6.45, 7) is 0.392. The van der Waals surface area contributed by atoms with E-state index in [1.165, 1.54) is 12.1 Å². The van der Waals surface area contributed by atoms with E-state index in [4.69, 9.17) is 9.15 Å². The summed E-state index contributed by atoms with van der Waals surface area (Å²) in [6, 6.07) is 16.7. The van der Waals surface area contributed by atoms with Gasteiger partial charge in [-0.2, -0.15) is 17.7 Å². The topological polar surface area (TPSA) is 42.0 Å². The second-order valence-electron chi connectivity index (χ2n) is 7.29. The summed E-state index contributed by atoms with van der Waals surface area (Å²) in [5.74, 6) is 1.42. The van der Waals surface area contributed by atoms with Crippen molar-refractivity contribution in [2.75, 3.05) is 7.11 Å². The van der Waals surface area contributed by atoms with Crippen molar-refractivity contribution in [3.63, 3.8) is 0 Å². The quantitative estimate of drug-likeness (QED) is 0.363. The standard InChI is InChI=1S/C24H17F3N2O2/c1-30-17-8-9-20-19(13-17)18-10-11-29(23(22(18)28-20)21-3-2-12-31-21)14-15-4-6-16(7-5-15)24(25,26)27/h2-13H,14H2,1H3/p+1. The van der Waals surface area contributed by atoms with Crippen LogP contribution >= 0.6 is 0 Å². The van der Waals surface area contributed by atoms with E-state index in [2.05, 4.69) is 4.98 Å². The summed E-state index contributed by atoms with van der Waals surface area (Å²) in [6.07, 6.45) is -0.831. The molecule has 0 saturated heterocycles. The molecule has 0 atom stereocenters. The van der Waals surface area contributed by atoms with Crippen molar-refractivity contribution in [3.8, 4) is 17.2 Å². The first kappa shape index (κ1) is 19.2. The number of fused-ring (bicyclic) bond motifs is 3. The minimum absolute atomic E-state index is 0.392.